The van der Waals surface area contributed by atoms with Gasteiger partial charge in [-0.2, -0.15) is 0 Å². The Bertz CT molecular complexity index is 1490. The van der Waals surface area contributed by atoms with E-state index in [-0.39, 0.29) is 10.7 Å². The molecule has 0 saturated carbocycles. The van der Waals surface area contributed by atoms with E-state index in [1.165, 1.54) is 16.2 Å². The molecule has 1 fully saturated rings. The normalized spacial score (nSPS) is 16.9. The van der Waals surface area contributed by atoms with E-state index in [4.69, 9.17) is 12.2 Å². The number of anilines is 1. The molecule has 1 aliphatic heterocycles. The molecule has 0 bridgehead atoms. The standard InChI is InChI=1S/C27H25N3O4S2/c1-14-7-6-8-18(11-14)30-24(32)20(23(31)28-27(30)35)13-17-12-15(2)29(16(17)3)25-22(26(33)34)19-9-4-5-10-21(19)36-25/h6-8,11-13H,4-5,9-10H2,1-3H3,(H,33,34)(H,28,31,35)/b20-13+. The Morgan fingerprint density at radius 3 is 2.61 bits per heavy atom. The Morgan fingerprint density at radius 2 is 1.89 bits per heavy atom. The second kappa shape index (κ2) is 9.15. The number of aryl methyl sites for hydroxylation is 3. The number of hydrogen-bond donors (Lipinski definition) is 2. The number of benzene rings is 1. The van der Waals surface area contributed by atoms with Crippen LogP contribution in [0, 0.1) is 20.8 Å². The minimum atomic E-state index is -0.930. The lowest BCUT2D eigenvalue weighted by Gasteiger charge is -2.29. The number of carbonyl (C=O) groups is 3. The summed E-state index contributed by atoms with van der Waals surface area (Å²) in [5.41, 5.74) is 5.06. The number of carboxylic acid groups (broad SMARTS) is 1. The van der Waals surface area contributed by atoms with E-state index in [0.29, 0.717) is 21.8 Å². The van der Waals surface area contributed by atoms with Crippen molar-refractivity contribution in [1.82, 2.24) is 9.88 Å². The Balaban J connectivity index is 1.59. The van der Waals surface area contributed by atoms with Gasteiger partial charge in [0, 0.05) is 16.3 Å². The van der Waals surface area contributed by atoms with Crippen LogP contribution in [0.25, 0.3) is 11.1 Å². The summed E-state index contributed by atoms with van der Waals surface area (Å²) in [6.07, 6.45) is 5.27. The van der Waals surface area contributed by atoms with Crippen molar-refractivity contribution in [3.05, 3.63) is 74.4 Å². The van der Waals surface area contributed by atoms with Gasteiger partial charge < -0.3 is 9.67 Å². The SMILES string of the molecule is Cc1cccc(N2C(=O)/C(=C/c3cc(C)n(-c4sc5c(c4C(=O)O)CCCC5)c3C)C(=O)NC2=S)c1. The van der Waals surface area contributed by atoms with Gasteiger partial charge in [-0.1, -0.05) is 12.1 Å². The fraction of sp³-hybridized carbons (Fsp3) is 0.259. The average Bonchev–Trinajstić information content (AvgIpc) is 3.32. The highest BCUT2D eigenvalue weighted by atomic mass is 32.1. The van der Waals surface area contributed by atoms with Crippen LogP contribution in [-0.4, -0.2) is 32.6 Å². The van der Waals surface area contributed by atoms with Crippen molar-refractivity contribution < 1.29 is 19.5 Å². The number of nitrogens with one attached hydrogen (secondary N) is 1. The molecule has 0 spiro atoms. The van der Waals surface area contributed by atoms with Gasteiger partial charge in [0.15, 0.2) is 5.11 Å². The highest BCUT2D eigenvalue weighted by Crippen LogP contribution is 2.39. The van der Waals surface area contributed by atoms with Crippen molar-refractivity contribution in [3.63, 3.8) is 0 Å². The number of thiocarbonyl (C=S) groups is 1. The second-order valence-corrected chi connectivity index (χ2v) is 10.6. The van der Waals surface area contributed by atoms with E-state index in [0.717, 1.165) is 53.1 Å². The Kier molecular flexibility index (Phi) is 6.13. The number of thiophene rings is 1. The molecular weight excluding hydrogens is 494 g/mol. The van der Waals surface area contributed by atoms with Gasteiger partial charge in [-0.25, -0.2) is 4.79 Å². The van der Waals surface area contributed by atoms with Crippen LogP contribution >= 0.6 is 23.6 Å². The van der Waals surface area contributed by atoms with Gasteiger partial charge in [0.05, 0.1) is 11.3 Å². The monoisotopic (exact) mass is 519 g/mol. The van der Waals surface area contributed by atoms with Gasteiger partial charge in [-0.05, 0) is 99.6 Å². The molecule has 1 saturated heterocycles. The molecule has 1 aliphatic carbocycles. The number of carbonyl (C=O) groups excluding carboxylic acids is 2. The fourth-order valence-electron chi connectivity index (χ4n) is 4.99. The summed E-state index contributed by atoms with van der Waals surface area (Å²) in [6.45, 7) is 5.69. The molecule has 3 heterocycles. The Morgan fingerprint density at radius 1 is 1.14 bits per heavy atom. The zero-order valence-corrected chi connectivity index (χ0v) is 21.8. The number of hydrogen-bond acceptors (Lipinski definition) is 5. The fourth-order valence-corrected chi connectivity index (χ4v) is 6.76. The summed E-state index contributed by atoms with van der Waals surface area (Å²) in [7, 11) is 0. The quantitative estimate of drug-likeness (QED) is 0.292. The van der Waals surface area contributed by atoms with E-state index < -0.39 is 17.8 Å². The molecule has 36 heavy (non-hydrogen) atoms. The van der Waals surface area contributed by atoms with Gasteiger partial charge >= 0.3 is 5.97 Å². The first-order valence-electron chi connectivity index (χ1n) is 11.7. The minimum absolute atomic E-state index is 0.0331. The van der Waals surface area contributed by atoms with E-state index in [9.17, 15) is 19.5 Å². The van der Waals surface area contributed by atoms with Crippen molar-refractivity contribution in [2.24, 2.45) is 0 Å². The maximum atomic E-state index is 13.4. The van der Waals surface area contributed by atoms with Crippen LogP contribution in [0.15, 0.2) is 35.9 Å². The van der Waals surface area contributed by atoms with Crippen molar-refractivity contribution in [2.45, 2.75) is 46.5 Å². The molecule has 2 N–H and O–H groups in total. The lowest BCUT2D eigenvalue weighted by atomic mass is 9.95. The number of fused-ring (bicyclic) bond motifs is 1. The summed E-state index contributed by atoms with van der Waals surface area (Å²) in [4.78, 5) is 41.0. The average molecular weight is 520 g/mol. The highest BCUT2D eigenvalue weighted by Gasteiger charge is 2.35. The van der Waals surface area contributed by atoms with E-state index in [2.05, 4.69) is 5.32 Å². The van der Waals surface area contributed by atoms with Crippen LogP contribution in [0.2, 0.25) is 0 Å². The minimum Gasteiger partial charge on any atom is -0.478 e. The van der Waals surface area contributed by atoms with Gasteiger partial charge in [0.25, 0.3) is 11.8 Å². The van der Waals surface area contributed by atoms with Crippen molar-refractivity contribution in [2.75, 3.05) is 4.90 Å². The molecule has 5 rings (SSSR count). The largest absolute Gasteiger partial charge is 0.478 e. The lowest BCUT2D eigenvalue weighted by Crippen LogP contribution is -2.54. The molecule has 0 atom stereocenters. The molecule has 9 heteroatoms. The van der Waals surface area contributed by atoms with Crippen LogP contribution in [0.1, 0.15) is 56.2 Å². The van der Waals surface area contributed by atoms with E-state index in [1.54, 1.807) is 12.1 Å². The summed E-state index contributed by atoms with van der Waals surface area (Å²) >= 11 is 6.83. The molecule has 0 unspecified atom stereocenters. The number of amides is 2. The van der Waals surface area contributed by atoms with Crippen LogP contribution in [-0.2, 0) is 22.4 Å². The molecule has 7 nitrogen and oxygen atoms in total. The van der Waals surface area contributed by atoms with Crippen LogP contribution < -0.4 is 10.2 Å². The first-order chi connectivity index (χ1) is 17.2. The molecule has 2 amide bonds. The maximum absolute atomic E-state index is 13.4. The number of aromatic nitrogens is 1. The summed E-state index contributed by atoms with van der Waals surface area (Å²) in [5.74, 6) is -1.99. The van der Waals surface area contributed by atoms with Crippen molar-refractivity contribution >= 4 is 58.2 Å². The molecule has 184 valence electrons. The van der Waals surface area contributed by atoms with Crippen molar-refractivity contribution in [3.8, 4) is 5.00 Å². The zero-order chi connectivity index (χ0) is 25.7. The number of nitrogens with zero attached hydrogens (tertiary/aromatic N) is 2. The third-order valence-corrected chi connectivity index (χ3v) is 8.26. The highest BCUT2D eigenvalue weighted by molar-refractivity contribution is 7.80. The smallest absolute Gasteiger partial charge is 0.339 e. The van der Waals surface area contributed by atoms with Gasteiger partial charge in [0.1, 0.15) is 10.6 Å². The zero-order valence-electron chi connectivity index (χ0n) is 20.2. The lowest BCUT2D eigenvalue weighted by molar-refractivity contribution is -0.122. The third-order valence-electron chi connectivity index (χ3n) is 6.70. The molecule has 1 aromatic carbocycles. The van der Waals surface area contributed by atoms with E-state index >= 15 is 0 Å². The first kappa shape index (κ1) is 24.1. The second-order valence-electron chi connectivity index (χ2n) is 9.15. The number of rotatable bonds is 4. The first-order valence-corrected chi connectivity index (χ1v) is 12.9. The molecule has 0 radical (unpaired) electrons. The molecule has 2 aromatic heterocycles. The molecule has 2 aliphatic rings. The van der Waals surface area contributed by atoms with E-state index in [1.807, 2.05) is 49.6 Å². The predicted molar refractivity (Wildman–Crippen MR) is 144 cm³/mol. The van der Waals surface area contributed by atoms with Crippen molar-refractivity contribution in [1.29, 1.82) is 0 Å². The number of aromatic carboxylic acids is 1. The van der Waals surface area contributed by atoms with Crippen LogP contribution in [0.3, 0.4) is 0 Å². The third kappa shape index (κ3) is 3.98. The summed E-state index contributed by atoms with van der Waals surface area (Å²) < 4.78 is 1.92. The molecular formula is C27H25N3O4S2. The predicted octanol–water partition coefficient (Wildman–Crippen LogP) is 4.87. The Labute approximate surface area is 218 Å². The number of carboxylic acids is 1. The van der Waals surface area contributed by atoms with Crippen LogP contribution in [0.4, 0.5) is 5.69 Å². The Hall–Kier alpha value is -3.56. The topological polar surface area (TPSA) is 91.6 Å². The van der Waals surface area contributed by atoms with Gasteiger partial charge in [-0.15, -0.1) is 11.3 Å². The summed E-state index contributed by atoms with van der Waals surface area (Å²) in [5, 5.41) is 13.4. The maximum Gasteiger partial charge on any atom is 0.339 e. The van der Waals surface area contributed by atoms with Gasteiger partial charge in [-0.3, -0.25) is 19.8 Å². The molecule has 3 aromatic rings. The van der Waals surface area contributed by atoms with Gasteiger partial charge in [0.2, 0.25) is 0 Å². The summed E-state index contributed by atoms with van der Waals surface area (Å²) in [6, 6.07) is 9.21. The van der Waals surface area contributed by atoms with Crippen LogP contribution in [0.5, 0.6) is 0 Å².